The summed E-state index contributed by atoms with van der Waals surface area (Å²) < 4.78 is 0. The van der Waals surface area contributed by atoms with Crippen molar-refractivity contribution in [1.29, 1.82) is 0 Å². The maximum atomic E-state index is 5.36. The molecule has 0 aliphatic heterocycles. The van der Waals surface area contributed by atoms with Gasteiger partial charge >= 0.3 is 23.1 Å². The molecule has 0 saturated heterocycles. The first-order valence-electron chi connectivity index (χ1n) is 2.75. The zero-order chi connectivity index (χ0) is 6.53. The van der Waals surface area contributed by atoms with Crippen molar-refractivity contribution in [2.45, 2.75) is 0 Å². The minimum absolute atomic E-state index is 0. The molecular formula is C8H9ClMg. The molecule has 2 heteroatoms. The fraction of sp³-hybridized carbons (Fsp3) is 0. The summed E-state index contributed by atoms with van der Waals surface area (Å²) in [4.78, 5) is 0. The van der Waals surface area contributed by atoms with E-state index in [1.807, 2.05) is 36.4 Å². The maximum absolute atomic E-state index is 5.36. The SMILES string of the molecule is Cl/C=C/c1ccccc1.[H-].[H-].[Mg+2]. The molecule has 0 heterocycles. The van der Waals surface area contributed by atoms with Crippen molar-refractivity contribution in [3.63, 3.8) is 0 Å². The Labute approximate surface area is 85.0 Å². The predicted molar refractivity (Wildman–Crippen MR) is 49.3 cm³/mol. The molecule has 0 unspecified atom stereocenters. The van der Waals surface area contributed by atoms with Gasteiger partial charge < -0.3 is 2.85 Å². The largest absolute Gasteiger partial charge is 2.00 e. The zero-order valence-electron chi connectivity index (χ0n) is 7.63. The van der Waals surface area contributed by atoms with Crippen LogP contribution in [-0.2, 0) is 0 Å². The van der Waals surface area contributed by atoms with Gasteiger partial charge in [-0.3, -0.25) is 0 Å². The van der Waals surface area contributed by atoms with E-state index in [0.717, 1.165) is 5.56 Å². The fourth-order valence-corrected chi connectivity index (χ4v) is 0.782. The van der Waals surface area contributed by atoms with E-state index in [2.05, 4.69) is 0 Å². The molecule has 0 fully saturated rings. The van der Waals surface area contributed by atoms with E-state index in [1.54, 1.807) is 0 Å². The average Bonchev–Trinajstić information content (AvgIpc) is 1.91. The van der Waals surface area contributed by atoms with Crippen LogP contribution in [0.3, 0.4) is 0 Å². The van der Waals surface area contributed by atoms with Crippen molar-refractivity contribution in [3.8, 4) is 0 Å². The third-order valence-corrected chi connectivity index (χ3v) is 1.18. The van der Waals surface area contributed by atoms with Crippen molar-refractivity contribution in [2.75, 3.05) is 0 Å². The predicted octanol–water partition coefficient (Wildman–Crippen LogP) is 2.74. The molecule has 0 spiro atoms. The van der Waals surface area contributed by atoms with E-state index in [9.17, 15) is 0 Å². The number of rotatable bonds is 1. The Morgan fingerprint density at radius 3 is 2.30 bits per heavy atom. The van der Waals surface area contributed by atoms with E-state index in [1.165, 1.54) is 5.54 Å². The van der Waals surface area contributed by atoms with Gasteiger partial charge in [0, 0.05) is 5.54 Å². The van der Waals surface area contributed by atoms with Gasteiger partial charge in [-0.15, -0.1) is 0 Å². The summed E-state index contributed by atoms with van der Waals surface area (Å²) in [6.45, 7) is 0. The average molecular weight is 165 g/mol. The number of hydrogen-bond acceptors (Lipinski definition) is 0. The second-order valence-corrected chi connectivity index (χ2v) is 1.96. The number of halogens is 1. The molecule has 0 aromatic heterocycles. The van der Waals surface area contributed by atoms with E-state index >= 15 is 0 Å². The van der Waals surface area contributed by atoms with Gasteiger partial charge in [0.2, 0.25) is 0 Å². The van der Waals surface area contributed by atoms with Gasteiger partial charge in [0.15, 0.2) is 0 Å². The minimum atomic E-state index is 0. The van der Waals surface area contributed by atoms with Crippen LogP contribution >= 0.6 is 11.6 Å². The van der Waals surface area contributed by atoms with Crippen molar-refractivity contribution in [3.05, 3.63) is 41.4 Å². The summed E-state index contributed by atoms with van der Waals surface area (Å²) in [5.41, 5.74) is 2.64. The molecular weight excluding hydrogens is 156 g/mol. The van der Waals surface area contributed by atoms with Crippen LogP contribution in [0.4, 0.5) is 0 Å². The molecule has 1 rings (SSSR count). The Bertz CT molecular complexity index is 201. The smallest absolute Gasteiger partial charge is 1.00 e. The fourth-order valence-electron chi connectivity index (χ4n) is 0.637. The van der Waals surface area contributed by atoms with Crippen LogP contribution < -0.4 is 0 Å². The van der Waals surface area contributed by atoms with Crippen LogP contribution in [-0.4, -0.2) is 23.1 Å². The maximum Gasteiger partial charge on any atom is 2.00 e. The molecule has 0 N–H and O–H groups in total. The Hall–Kier alpha value is 0.0162. The van der Waals surface area contributed by atoms with Crippen LogP contribution in [0.15, 0.2) is 35.9 Å². The van der Waals surface area contributed by atoms with Gasteiger partial charge in [-0.05, 0) is 11.6 Å². The molecule has 0 radical (unpaired) electrons. The van der Waals surface area contributed by atoms with Crippen LogP contribution in [0.5, 0.6) is 0 Å². The van der Waals surface area contributed by atoms with Crippen LogP contribution in [0.2, 0.25) is 0 Å². The molecule has 0 saturated carbocycles. The molecule has 0 aliphatic rings. The topological polar surface area (TPSA) is 0 Å². The summed E-state index contributed by atoms with van der Waals surface area (Å²) >= 11 is 5.36. The molecule has 1 aromatic carbocycles. The quantitative estimate of drug-likeness (QED) is 0.561. The van der Waals surface area contributed by atoms with Gasteiger partial charge in [-0.1, -0.05) is 41.9 Å². The first-order chi connectivity index (χ1) is 4.43. The molecule has 0 nitrogen and oxygen atoms in total. The summed E-state index contributed by atoms with van der Waals surface area (Å²) in [7, 11) is 0. The van der Waals surface area contributed by atoms with E-state index in [0.29, 0.717) is 0 Å². The zero-order valence-corrected chi connectivity index (χ0v) is 7.80. The Morgan fingerprint density at radius 2 is 1.80 bits per heavy atom. The third kappa shape index (κ3) is 3.25. The molecule has 0 aliphatic carbocycles. The van der Waals surface area contributed by atoms with Crippen LogP contribution in [0.25, 0.3) is 6.08 Å². The molecule has 50 valence electrons. The molecule has 0 amide bonds. The van der Waals surface area contributed by atoms with Crippen molar-refractivity contribution in [1.82, 2.24) is 0 Å². The first kappa shape index (κ1) is 10.0. The standard InChI is InChI=1S/C8H7Cl.Mg.2H/c9-7-6-8-4-2-1-3-5-8;;;/h1-7H;;;/q;+2;2*-1/b7-6+;;;. The van der Waals surface area contributed by atoms with E-state index < -0.39 is 0 Å². The minimum Gasteiger partial charge on any atom is -1.00 e. The Morgan fingerprint density at radius 1 is 1.20 bits per heavy atom. The molecule has 0 bridgehead atoms. The number of hydrogen-bond donors (Lipinski definition) is 0. The second kappa shape index (κ2) is 5.78. The van der Waals surface area contributed by atoms with Gasteiger partial charge in [-0.2, -0.15) is 0 Å². The van der Waals surface area contributed by atoms with Gasteiger partial charge in [-0.25, -0.2) is 0 Å². The molecule has 0 atom stereocenters. The van der Waals surface area contributed by atoms with Crippen molar-refractivity contribution >= 4 is 40.7 Å². The van der Waals surface area contributed by atoms with E-state index in [4.69, 9.17) is 11.6 Å². The van der Waals surface area contributed by atoms with Crippen LogP contribution in [0, 0.1) is 0 Å². The third-order valence-electron chi connectivity index (χ3n) is 1.06. The Kier molecular flexibility index (Phi) is 5.78. The van der Waals surface area contributed by atoms with Gasteiger partial charge in [0.25, 0.3) is 0 Å². The summed E-state index contributed by atoms with van der Waals surface area (Å²) in [5, 5.41) is 0. The Balaban J connectivity index is -0.000000270. The van der Waals surface area contributed by atoms with E-state index in [-0.39, 0.29) is 25.9 Å². The normalized spacial score (nSPS) is 9.30. The second-order valence-electron chi connectivity index (χ2n) is 1.70. The monoisotopic (exact) mass is 164 g/mol. The van der Waals surface area contributed by atoms with Crippen LogP contribution in [0.1, 0.15) is 8.42 Å². The summed E-state index contributed by atoms with van der Waals surface area (Å²) in [6.07, 6.45) is 1.85. The molecule has 1 aromatic rings. The first-order valence-corrected chi connectivity index (χ1v) is 3.19. The van der Waals surface area contributed by atoms with Gasteiger partial charge in [0.05, 0.1) is 0 Å². The van der Waals surface area contributed by atoms with Crippen molar-refractivity contribution < 1.29 is 2.85 Å². The van der Waals surface area contributed by atoms with Gasteiger partial charge in [0.1, 0.15) is 0 Å². The van der Waals surface area contributed by atoms with Crippen molar-refractivity contribution in [2.24, 2.45) is 0 Å². The molecule has 10 heavy (non-hydrogen) atoms. The summed E-state index contributed by atoms with van der Waals surface area (Å²) in [6, 6.07) is 9.93. The summed E-state index contributed by atoms with van der Waals surface area (Å²) in [5.74, 6) is 0. The number of benzene rings is 1.